The lowest BCUT2D eigenvalue weighted by Gasteiger charge is -2.33. The van der Waals surface area contributed by atoms with Gasteiger partial charge in [0.25, 0.3) is 5.91 Å². The number of carbonyl (C=O) groups is 1. The summed E-state index contributed by atoms with van der Waals surface area (Å²) in [4.78, 5) is 12.7. The van der Waals surface area contributed by atoms with Crippen LogP contribution in [0.3, 0.4) is 0 Å². The molecule has 2 rings (SSSR count). The molecule has 0 radical (unpaired) electrons. The lowest BCUT2D eigenvalue weighted by molar-refractivity contribution is 0.0891. The van der Waals surface area contributed by atoms with Gasteiger partial charge in [-0.2, -0.15) is 0 Å². The predicted molar refractivity (Wildman–Crippen MR) is 131 cm³/mol. The number of hydrogen-bond donors (Lipinski definition) is 1. The van der Waals surface area contributed by atoms with E-state index < -0.39 is 10.0 Å². The number of anilines is 1. The first-order chi connectivity index (χ1) is 14.7. The monoisotopic (exact) mass is 460 g/mol. The van der Waals surface area contributed by atoms with Gasteiger partial charge in [0.2, 0.25) is 10.0 Å². The van der Waals surface area contributed by atoms with E-state index in [0.29, 0.717) is 23.6 Å². The summed E-state index contributed by atoms with van der Waals surface area (Å²) in [7, 11) is -3.55. The van der Waals surface area contributed by atoms with Crippen molar-refractivity contribution in [1.29, 1.82) is 0 Å². The van der Waals surface area contributed by atoms with Crippen LogP contribution >= 0.6 is 0 Å². The van der Waals surface area contributed by atoms with Crippen LogP contribution in [0.15, 0.2) is 48.5 Å². The average Bonchev–Trinajstić information content (AvgIpc) is 2.64. The number of nitrogens with zero attached hydrogens (tertiary/aromatic N) is 1. The maximum atomic E-state index is 12.7. The molecular formula is C25H36N2O4S. The van der Waals surface area contributed by atoms with E-state index in [1.807, 2.05) is 26.8 Å². The van der Waals surface area contributed by atoms with Crippen molar-refractivity contribution < 1.29 is 17.9 Å². The Morgan fingerprint density at radius 2 is 1.59 bits per heavy atom. The first kappa shape index (κ1) is 25.7. The van der Waals surface area contributed by atoms with Crippen LogP contribution in [-0.2, 0) is 16.6 Å². The van der Waals surface area contributed by atoms with Crippen molar-refractivity contribution in [3.63, 3.8) is 0 Å². The Hall–Kier alpha value is -2.54. The van der Waals surface area contributed by atoms with Gasteiger partial charge in [0.05, 0.1) is 25.1 Å². The van der Waals surface area contributed by atoms with Crippen LogP contribution in [0.4, 0.5) is 5.69 Å². The molecule has 0 fully saturated rings. The number of nitrogens with one attached hydrogen (secondary N) is 1. The zero-order chi connectivity index (χ0) is 24.2. The fraction of sp³-hybridized carbons (Fsp3) is 0.480. The van der Waals surface area contributed by atoms with Crippen LogP contribution in [0.1, 0.15) is 63.9 Å². The molecule has 176 valence electrons. The van der Waals surface area contributed by atoms with Gasteiger partial charge in [0.1, 0.15) is 5.75 Å². The number of benzene rings is 2. The molecule has 32 heavy (non-hydrogen) atoms. The Labute approximate surface area is 193 Å². The third-order valence-corrected chi connectivity index (χ3v) is 5.93. The molecule has 1 N–H and O–H groups in total. The van der Waals surface area contributed by atoms with Crippen LogP contribution in [0.25, 0.3) is 0 Å². The van der Waals surface area contributed by atoms with Crippen molar-refractivity contribution in [3.8, 4) is 5.75 Å². The van der Waals surface area contributed by atoms with Crippen molar-refractivity contribution in [2.45, 2.75) is 60.0 Å². The summed E-state index contributed by atoms with van der Waals surface area (Å²) in [5.41, 5.74) is 1.55. The molecule has 0 bridgehead atoms. The van der Waals surface area contributed by atoms with E-state index in [1.54, 1.807) is 42.5 Å². The highest BCUT2D eigenvalue weighted by Gasteiger charge is 2.27. The summed E-state index contributed by atoms with van der Waals surface area (Å²) in [6.07, 6.45) is 2.02. The molecule has 0 aliphatic carbocycles. The standard InChI is InChI=1S/C25H36N2O4S/c1-8-31-22-12-10-9-11-21(22)27(32(7,29)30)17-19-13-15-20(16-14-19)23(28)26-25(5,6)18-24(2,3)4/h9-16H,8,17-18H2,1-7H3,(H,26,28). The van der Waals surface area contributed by atoms with E-state index in [-0.39, 0.29) is 23.4 Å². The molecule has 0 atom stereocenters. The Morgan fingerprint density at radius 3 is 2.12 bits per heavy atom. The van der Waals surface area contributed by atoms with E-state index in [4.69, 9.17) is 4.74 Å². The minimum absolute atomic E-state index is 0.0908. The summed E-state index contributed by atoms with van der Waals surface area (Å²) in [6, 6.07) is 14.1. The zero-order valence-electron chi connectivity index (χ0n) is 20.2. The Morgan fingerprint density at radius 1 is 1.00 bits per heavy atom. The molecule has 0 aromatic heterocycles. The maximum Gasteiger partial charge on any atom is 0.251 e. The van der Waals surface area contributed by atoms with Crippen molar-refractivity contribution in [2.75, 3.05) is 17.2 Å². The van der Waals surface area contributed by atoms with Gasteiger partial charge in [-0.1, -0.05) is 45.0 Å². The number of ether oxygens (including phenoxy) is 1. The third kappa shape index (κ3) is 7.55. The molecule has 7 heteroatoms. The molecule has 0 saturated carbocycles. The highest BCUT2D eigenvalue weighted by Crippen LogP contribution is 2.31. The predicted octanol–water partition coefficient (Wildman–Crippen LogP) is 5.00. The molecule has 2 aromatic carbocycles. The van der Waals surface area contributed by atoms with Gasteiger partial charge in [-0.3, -0.25) is 9.10 Å². The van der Waals surface area contributed by atoms with Crippen LogP contribution in [0.2, 0.25) is 0 Å². The molecule has 2 aromatic rings. The number of para-hydroxylation sites is 2. The van der Waals surface area contributed by atoms with Gasteiger partial charge >= 0.3 is 0 Å². The van der Waals surface area contributed by atoms with Crippen molar-refractivity contribution in [1.82, 2.24) is 5.32 Å². The van der Waals surface area contributed by atoms with E-state index in [9.17, 15) is 13.2 Å². The number of hydrogen-bond acceptors (Lipinski definition) is 4. The fourth-order valence-electron chi connectivity index (χ4n) is 4.00. The van der Waals surface area contributed by atoms with Crippen LogP contribution in [0.5, 0.6) is 5.75 Å². The van der Waals surface area contributed by atoms with E-state index in [1.165, 1.54) is 10.6 Å². The maximum absolute atomic E-state index is 12.7. The first-order valence-electron chi connectivity index (χ1n) is 10.8. The molecular weight excluding hydrogens is 424 g/mol. The van der Waals surface area contributed by atoms with Crippen LogP contribution < -0.4 is 14.4 Å². The van der Waals surface area contributed by atoms with Gasteiger partial charge in [-0.15, -0.1) is 0 Å². The summed E-state index contributed by atoms with van der Waals surface area (Å²) >= 11 is 0. The molecule has 6 nitrogen and oxygen atoms in total. The molecule has 0 unspecified atom stereocenters. The molecule has 1 amide bonds. The van der Waals surface area contributed by atoms with Gasteiger partial charge in [-0.05, 0) is 62.4 Å². The van der Waals surface area contributed by atoms with Crippen molar-refractivity contribution >= 4 is 21.6 Å². The van der Waals surface area contributed by atoms with Gasteiger partial charge in [0.15, 0.2) is 0 Å². The quantitative estimate of drug-likeness (QED) is 0.572. The minimum atomic E-state index is -3.55. The smallest absolute Gasteiger partial charge is 0.251 e. The fourth-order valence-corrected chi connectivity index (χ4v) is 4.89. The average molecular weight is 461 g/mol. The third-order valence-electron chi connectivity index (χ3n) is 4.80. The lowest BCUT2D eigenvalue weighted by Crippen LogP contribution is -2.45. The number of rotatable bonds is 9. The summed E-state index contributed by atoms with van der Waals surface area (Å²) in [5.74, 6) is 0.366. The molecule has 0 spiro atoms. The van der Waals surface area contributed by atoms with Gasteiger partial charge in [-0.25, -0.2) is 8.42 Å². The van der Waals surface area contributed by atoms with Crippen molar-refractivity contribution in [3.05, 3.63) is 59.7 Å². The first-order valence-corrected chi connectivity index (χ1v) is 12.7. The molecule has 0 aliphatic heterocycles. The summed E-state index contributed by atoms with van der Waals surface area (Å²) in [6.45, 7) is 12.9. The molecule has 0 heterocycles. The molecule has 0 saturated heterocycles. The number of amides is 1. The topological polar surface area (TPSA) is 75.7 Å². The van der Waals surface area contributed by atoms with E-state index in [0.717, 1.165) is 12.0 Å². The normalized spacial score (nSPS) is 12.3. The Balaban J connectivity index is 2.22. The van der Waals surface area contributed by atoms with Crippen molar-refractivity contribution in [2.24, 2.45) is 5.41 Å². The summed E-state index contributed by atoms with van der Waals surface area (Å²) < 4.78 is 32.0. The Bertz CT molecular complexity index is 1020. The largest absolute Gasteiger partial charge is 0.492 e. The minimum Gasteiger partial charge on any atom is -0.492 e. The second kappa shape index (κ2) is 9.94. The Kier molecular flexibility index (Phi) is 7.99. The lowest BCUT2D eigenvalue weighted by atomic mass is 9.81. The second-order valence-electron chi connectivity index (χ2n) is 9.94. The SMILES string of the molecule is CCOc1ccccc1N(Cc1ccc(C(=O)NC(C)(C)CC(C)(C)C)cc1)S(C)(=O)=O. The molecule has 0 aliphatic rings. The summed E-state index contributed by atoms with van der Waals surface area (Å²) in [5, 5.41) is 3.10. The van der Waals surface area contributed by atoms with Crippen LogP contribution in [0, 0.1) is 5.41 Å². The number of sulfonamides is 1. The second-order valence-corrected chi connectivity index (χ2v) is 11.8. The number of carbonyl (C=O) groups excluding carboxylic acids is 1. The van der Waals surface area contributed by atoms with E-state index >= 15 is 0 Å². The zero-order valence-corrected chi connectivity index (χ0v) is 21.0. The van der Waals surface area contributed by atoms with Gasteiger partial charge in [0, 0.05) is 11.1 Å². The highest BCUT2D eigenvalue weighted by molar-refractivity contribution is 7.92. The van der Waals surface area contributed by atoms with Crippen LogP contribution in [-0.4, -0.2) is 32.7 Å². The van der Waals surface area contributed by atoms with Gasteiger partial charge < -0.3 is 10.1 Å². The highest BCUT2D eigenvalue weighted by atomic mass is 32.2. The van der Waals surface area contributed by atoms with E-state index in [2.05, 4.69) is 26.1 Å².